The molecule has 0 unspecified atom stereocenters. The van der Waals surface area contributed by atoms with Gasteiger partial charge in [0.2, 0.25) is 0 Å². The second-order valence-electron chi connectivity index (χ2n) is 3.79. The van der Waals surface area contributed by atoms with Crippen molar-refractivity contribution in [1.82, 2.24) is 10.5 Å². The zero-order chi connectivity index (χ0) is 12.8. The lowest BCUT2D eigenvalue weighted by Gasteiger charge is -2.03. The number of nitrogens with one attached hydrogen (secondary N) is 1. The van der Waals surface area contributed by atoms with Gasteiger partial charge < -0.3 is 9.84 Å². The minimum absolute atomic E-state index is 0.166. The van der Waals surface area contributed by atoms with Gasteiger partial charge in [-0.2, -0.15) is 0 Å². The number of hydrogen-bond donors (Lipinski definition) is 1. The van der Waals surface area contributed by atoms with Gasteiger partial charge in [0.25, 0.3) is 5.69 Å². The first-order chi connectivity index (χ1) is 8.77. The third-order valence-electron chi connectivity index (χ3n) is 2.55. The van der Waals surface area contributed by atoms with Crippen LogP contribution in [0.4, 0.5) is 5.69 Å². The Labute approximate surface area is 104 Å². The summed E-state index contributed by atoms with van der Waals surface area (Å²) in [5.41, 5.74) is 0.895. The highest BCUT2D eigenvalue weighted by atomic mass is 16.6. The van der Waals surface area contributed by atoms with Gasteiger partial charge in [0, 0.05) is 17.7 Å². The van der Waals surface area contributed by atoms with Crippen molar-refractivity contribution in [2.24, 2.45) is 0 Å². The summed E-state index contributed by atoms with van der Waals surface area (Å²) in [6, 6.07) is 8.54. The highest BCUT2D eigenvalue weighted by molar-refractivity contribution is 5.39. The minimum Gasteiger partial charge on any atom is -0.360 e. The Balaban J connectivity index is 1.85. The summed E-state index contributed by atoms with van der Waals surface area (Å²) in [5, 5.41) is 17.5. The molecule has 6 heteroatoms. The molecule has 0 fully saturated rings. The molecular weight excluding hydrogens is 234 g/mol. The van der Waals surface area contributed by atoms with Crippen LogP contribution in [0.15, 0.2) is 41.1 Å². The van der Waals surface area contributed by atoms with Crippen molar-refractivity contribution in [1.29, 1.82) is 0 Å². The molecule has 0 atom stereocenters. The van der Waals surface area contributed by atoms with Crippen molar-refractivity contribution in [2.45, 2.75) is 13.0 Å². The molecule has 18 heavy (non-hydrogen) atoms. The number of nitro benzene ring substituents is 1. The lowest BCUT2D eigenvalue weighted by molar-refractivity contribution is -0.385. The topological polar surface area (TPSA) is 81.2 Å². The normalized spacial score (nSPS) is 10.4. The zero-order valence-electron chi connectivity index (χ0n) is 9.70. The summed E-state index contributed by atoms with van der Waals surface area (Å²) < 4.78 is 4.93. The van der Waals surface area contributed by atoms with E-state index < -0.39 is 0 Å². The van der Waals surface area contributed by atoms with E-state index in [1.165, 1.54) is 6.07 Å². The van der Waals surface area contributed by atoms with Crippen LogP contribution in [0.1, 0.15) is 11.3 Å². The molecule has 1 N–H and O–H groups in total. The van der Waals surface area contributed by atoms with Crippen molar-refractivity contribution in [3.05, 3.63) is 58.0 Å². The van der Waals surface area contributed by atoms with Crippen molar-refractivity contribution >= 4 is 5.69 Å². The minimum atomic E-state index is -0.355. The van der Waals surface area contributed by atoms with Crippen LogP contribution >= 0.6 is 0 Å². The van der Waals surface area contributed by atoms with E-state index in [4.69, 9.17) is 4.52 Å². The standard InChI is InChI=1S/C12H13N3O3/c16-15(17)12-4-2-1-3-10(12)5-7-13-9-11-6-8-14-18-11/h1-4,6,8,13H,5,7,9H2. The average Bonchev–Trinajstić information content (AvgIpc) is 2.88. The largest absolute Gasteiger partial charge is 0.360 e. The molecule has 2 rings (SSSR count). The first-order valence-corrected chi connectivity index (χ1v) is 5.60. The van der Waals surface area contributed by atoms with Crippen molar-refractivity contribution in [3.8, 4) is 0 Å². The summed E-state index contributed by atoms with van der Waals surface area (Å²) in [5.74, 6) is 0.748. The summed E-state index contributed by atoms with van der Waals surface area (Å²) in [4.78, 5) is 10.4. The highest BCUT2D eigenvalue weighted by Crippen LogP contribution is 2.17. The van der Waals surface area contributed by atoms with Crippen LogP contribution in [-0.2, 0) is 13.0 Å². The molecule has 0 saturated carbocycles. The van der Waals surface area contributed by atoms with E-state index in [1.807, 2.05) is 0 Å². The van der Waals surface area contributed by atoms with Crippen molar-refractivity contribution < 1.29 is 9.45 Å². The Hall–Kier alpha value is -2.21. The maximum atomic E-state index is 10.8. The lowest BCUT2D eigenvalue weighted by Crippen LogP contribution is -2.16. The molecule has 6 nitrogen and oxygen atoms in total. The van der Waals surface area contributed by atoms with E-state index in [9.17, 15) is 10.1 Å². The first-order valence-electron chi connectivity index (χ1n) is 5.60. The van der Waals surface area contributed by atoms with Gasteiger partial charge in [-0.05, 0) is 13.0 Å². The molecule has 94 valence electrons. The van der Waals surface area contributed by atoms with E-state index in [0.29, 0.717) is 19.5 Å². The number of rotatable bonds is 6. The van der Waals surface area contributed by atoms with Gasteiger partial charge in [0.1, 0.15) is 5.76 Å². The Morgan fingerprint density at radius 3 is 2.89 bits per heavy atom. The molecule has 0 spiro atoms. The number of benzene rings is 1. The maximum absolute atomic E-state index is 10.8. The molecule has 0 aliphatic heterocycles. The second kappa shape index (κ2) is 5.92. The van der Waals surface area contributed by atoms with Crippen LogP contribution in [0, 0.1) is 10.1 Å². The molecule has 0 aliphatic rings. The van der Waals surface area contributed by atoms with E-state index in [1.54, 1.807) is 30.5 Å². The van der Waals surface area contributed by atoms with Crippen LogP contribution in [0.3, 0.4) is 0 Å². The zero-order valence-corrected chi connectivity index (χ0v) is 9.70. The fraction of sp³-hybridized carbons (Fsp3) is 0.250. The summed E-state index contributed by atoms with van der Waals surface area (Å²) in [6.45, 7) is 1.21. The maximum Gasteiger partial charge on any atom is 0.272 e. The van der Waals surface area contributed by atoms with Crippen LogP contribution < -0.4 is 5.32 Å². The molecule has 2 aromatic rings. The molecule has 0 amide bonds. The van der Waals surface area contributed by atoms with Gasteiger partial charge in [0.05, 0.1) is 17.7 Å². The molecule has 0 radical (unpaired) electrons. The van der Waals surface area contributed by atoms with E-state index >= 15 is 0 Å². The first kappa shape index (κ1) is 12.3. The van der Waals surface area contributed by atoms with Gasteiger partial charge in [0.15, 0.2) is 0 Å². The number of nitro groups is 1. The molecule has 0 bridgehead atoms. The molecule has 1 aromatic carbocycles. The molecule has 1 aromatic heterocycles. The van der Waals surface area contributed by atoms with Gasteiger partial charge in [-0.15, -0.1) is 0 Å². The Kier molecular flexibility index (Phi) is 4.03. The summed E-state index contributed by atoms with van der Waals surface area (Å²) in [6.07, 6.45) is 2.18. The van der Waals surface area contributed by atoms with Gasteiger partial charge >= 0.3 is 0 Å². The van der Waals surface area contributed by atoms with Crippen LogP contribution in [0.25, 0.3) is 0 Å². The fourth-order valence-corrected chi connectivity index (χ4v) is 1.67. The smallest absolute Gasteiger partial charge is 0.272 e. The molecular formula is C12H13N3O3. The lowest BCUT2D eigenvalue weighted by atomic mass is 10.1. The van der Waals surface area contributed by atoms with Gasteiger partial charge in [-0.25, -0.2) is 0 Å². The quantitative estimate of drug-likeness (QED) is 0.479. The number of hydrogen-bond acceptors (Lipinski definition) is 5. The Morgan fingerprint density at radius 1 is 1.33 bits per heavy atom. The predicted molar refractivity (Wildman–Crippen MR) is 65.0 cm³/mol. The summed E-state index contributed by atoms with van der Waals surface area (Å²) in [7, 11) is 0. The van der Waals surface area contributed by atoms with Gasteiger partial charge in [-0.1, -0.05) is 23.4 Å². The molecule has 0 aliphatic carbocycles. The van der Waals surface area contributed by atoms with Gasteiger partial charge in [-0.3, -0.25) is 10.1 Å². The summed E-state index contributed by atoms with van der Waals surface area (Å²) >= 11 is 0. The Bertz CT molecular complexity index is 511. The van der Waals surface area contributed by atoms with E-state index in [2.05, 4.69) is 10.5 Å². The average molecular weight is 247 g/mol. The Morgan fingerprint density at radius 2 is 2.17 bits per heavy atom. The van der Waals surface area contributed by atoms with Crippen LogP contribution in [0.2, 0.25) is 0 Å². The third-order valence-corrected chi connectivity index (χ3v) is 2.55. The molecule has 0 saturated heterocycles. The predicted octanol–water partition coefficient (Wildman–Crippen LogP) is 1.92. The number of para-hydroxylation sites is 1. The van der Waals surface area contributed by atoms with Crippen molar-refractivity contribution in [3.63, 3.8) is 0 Å². The fourth-order valence-electron chi connectivity index (χ4n) is 1.67. The van der Waals surface area contributed by atoms with Crippen LogP contribution in [0.5, 0.6) is 0 Å². The number of nitrogens with zero attached hydrogens (tertiary/aromatic N) is 2. The highest BCUT2D eigenvalue weighted by Gasteiger charge is 2.11. The van der Waals surface area contributed by atoms with E-state index in [-0.39, 0.29) is 10.6 Å². The van der Waals surface area contributed by atoms with Crippen LogP contribution in [-0.4, -0.2) is 16.6 Å². The number of aromatic nitrogens is 1. The monoisotopic (exact) mass is 247 g/mol. The molecule has 1 heterocycles. The second-order valence-corrected chi connectivity index (χ2v) is 3.79. The van der Waals surface area contributed by atoms with E-state index in [0.717, 1.165) is 11.3 Å². The SMILES string of the molecule is O=[N+]([O-])c1ccccc1CCNCc1ccno1. The third kappa shape index (κ3) is 3.14. The van der Waals surface area contributed by atoms with Crippen molar-refractivity contribution in [2.75, 3.05) is 6.54 Å².